The van der Waals surface area contributed by atoms with Crippen molar-refractivity contribution in [2.75, 3.05) is 6.54 Å². The van der Waals surface area contributed by atoms with Crippen molar-refractivity contribution in [2.24, 2.45) is 5.92 Å². The van der Waals surface area contributed by atoms with Crippen LogP contribution < -0.4 is 10.6 Å². The van der Waals surface area contributed by atoms with Gasteiger partial charge in [0.2, 0.25) is 11.8 Å². The highest BCUT2D eigenvalue weighted by Gasteiger charge is 2.43. The fourth-order valence-electron chi connectivity index (χ4n) is 4.00. The summed E-state index contributed by atoms with van der Waals surface area (Å²) in [5.41, 5.74) is 0.408. The summed E-state index contributed by atoms with van der Waals surface area (Å²) in [6, 6.07) is 6.05. The molecule has 0 radical (unpaired) electrons. The fourth-order valence-corrected chi connectivity index (χ4v) is 4.00. The second-order valence-electron chi connectivity index (χ2n) is 11.7. The van der Waals surface area contributed by atoms with Crippen molar-refractivity contribution >= 4 is 17.9 Å². The van der Waals surface area contributed by atoms with Gasteiger partial charge in [0.1, 0.15) is 17.7 Å². The average molecular weight is 504 g/mol. The Morgan fingerprint density at radius 2 is 1.69 bits per heavy atom. The highest BCUT2D eigenvalue weighted by Crippen LogP contribution is 2.33. The number of amides is 3. The normalized spacial score (nSPS) is 13.6. The van der Waals surface area contributed by atoms with Gasteiger partial charge in [-0.05, 0) is 72.3 Å². The molecule has 3 amide bonds. The number of alkyl carbamates (subject to hydrolysis) is 1. The zero-order chi connectivity index (χ0) is 27.7. The summed E-state index contributed by atoms with van der Waals surface area (Å²) in [5, 5.41) is 5.85. The Hall–Kier alpha value is -2.57. The maximum atomic E-state index is 14.3. The van der Waals surface area contributed by atoms with Crippen LogP contribution in [0.5, 0.6) is 0 Å². The molecule has 1 rings (SSSR count). The number of ether oxygens (including phenoxy) is 1. The highest BCUT2D eigenvalue weighted by molar-refractivity contribution is 5.92. The van der Waals surface area contributed by atoms with Gasteiger partial charge in [-0.1, -0.05) is 63.9 Å². The summed E-state index contributed by atoms with van der Waals surface area (Å²) in [6.07, 6.45) is 2.22. The Labute approximate surface area is 218 Å². The molecule has 2 N–H and O–H groups in total. The number of rotatable bonds is 12. The minimum atomic E-state index is -0.834. The fraction of sp³-hybridized carbons (Fsp3) is 0.690. The zero-order valence-electron chi connectivity index (χ0n) is 24.2. The molecule has 2 unspecified atom stereocenters. The van der Waals surface area contributed by atoms with Crippen molar-refractivity contribution in [1.29, 1.82) is 0 Å². The first-order valence-electron chi connectivity index (χ1n) is 13.3. The third kappa shape index (κ3) is 9.82. The van der Waals surface area contributed by atoms with Crippen LogP contribution in [0.15, 0.2) is 24.3 Å². The molecule has 0 spiro atoms. The van der Waals surface area contributed by atoms with Gasteiger partial charge in [-0.15, -0.1) is 0 Å². The van der Waals surface area contributed by atoms with Gasteiger partial charge in [0.15, 0.2) is 0 Å². The van der Waals surface area contributed by atoms with Gasteiger partial charge < -0.3 is 20.3 Å². The molecule has 0 saturated carbocycles. The number of hydrogen-bond acceptors (Lipinski definition) is 4. The number of benzene rings is 1. The predicted molar refractivity (Wildman–Crippen MR) is 146 cm³/mol. The Morgan fingerprint density at radius 3 is 2.19 bits per heavy atom. The Balaban J connectivity index is 3.59. The van der Waals surface area contributed by atoms with Gasteiger partial charge in [0.25, 0.3) is 0 Å². The standard InChI is InChI=1S/C29H49N3O4/c1-11-13-17-30-25(33)24(22-16-14-15-21(5)19-22)32(29(9,10)12-2)26(34)23(18-20(3)4)31-27(35)36-28(6,7)8/h14-16,19-20,23-24H,11-13,17-18H2,1-10H3,(H,30,33)(H,31,35). The van der Waals surface area contributed by atoms with Gasteiger partial charge in [-0.25, -0.2) is 4.79 Å². The van der Waals surface area contributed by atoms with E-state index in [0.29, 0.717) is 19.4 Å². The van der Waals surface area contributed by atoms with Crippen molar-refractivity contribution in [3.8, 4) is 0 Å². The molecule has 204 valence electrons. The second-order valence-corrected chi connectivity index (χ2v) is 11.7. The Kier molecular flexibility index (Phi) is 11.9. The van der Waals surface area contributed by atoms with E-state index in [4.69, 9.17) is 4.74 Å². The second kappa shape index (κ2) is 13.7. The third-order valence-electron chi connectivity index (χ3n) is 6.14. The van der Waals surface area contributed by atoms with Crippen molar-refractivity contribution in [3.05, 3.63) is 35.4 Å². The number of nitrogens with zero attached hydrogens (tertiary/aromatic N) is 1. The molecule has 0 fully saturated rings. The lowest BCUT2D eigenvalue weighted by molar-refractivity contribution is -0.149. The van der Waals surface area contributed by atoms with E-state index in [2.05, 4.69) is 17.6 Å². The molecular formula is C29H49N3O4. The summed E-state index contributed by atoms with van der Waals surface area (Å²) in [6.45, 7) is 19.9. The minimum Gasteiger partial charge on any atom is -0.444 e. The van der Waals surface area contributed by atoms with Crippen molar-refractivity contribution in [3.63, 3.8) is 0 Å². The quantitative estimate of drug-likeness (QED) is 0.347. The number of unbranched alkanes of at least 4 members (excludes halogenated alkanes) is 1. The van der Waals surface area contributed by atoms with Gasteiger partial charge in [0, 0.05) is 12.1 Å². The average Bonchev–Trinajstić information content (AvgIpc) is 2.74. The molecule has 1 aromatic carbocycles. The molecule has 7 nitrogen and oxygen atoms in total. The van der Waals surface area contributed by atoms with Crippen LogP contribution in [0.2, 0.25) is 0 Å². The number of nitrogens with one attached hydrogen (secondary N) is 2. The van der Waals surface area contributed by atoms with Gasteiger partial charge in [-0.2, -0.15) is 0 Å². The van der Waals surface area contributed by atoms with Crippen molar-refractivity contribution < 1.29 is 19.1 Å². The Bertz CT molecular complexity index is 874. The first-order valence-corrected chi connectivity index (χ1v) is 13.3. The van der Waals surface area contributed by atoms with Gasteiger partial charge in [0.05, 0.1) is 0 Å². The van der Waals surface area contributed by atoms with Crippen LogP contribution in [0, 0.1) is 12.8 Å². The molecule has 0 heterocycles. The smallest absolute Gasteiger partial charge is 0.408 e. The highest BCUT2D eigenvalue weighted by atomic mass is 16.6. The first-order chi connectivity index (χ1) is 16.6. The van der Waals surface area contributed by atoms with Crippen LogP contribution in [0.1, 0.15) is 105 Å². The molecular weight excluding hydrogens is 454 g/mol. The van der Waals surface area contributed by atoms with E-state index in [1.54, 1.807) is 25.7 Å². The SMILES string of the molecule is CCCCNC(=O)C(c1cccc(C)c1)N(C(=O)C(CC(C)C)NC(=O)OC(C)(C)C)C(C)(C)CC. The van der Waals surface area contributed by atoms with E-state index in [1.807, 2.05) is 65.8 Å². The van der Waals surface area contributed by atoms with Gasteiger partial charge >= 0.3 is 6.09 Å². The van der Waals surface area contributed by atoms with Crippen LogP contribution >= 0.6 is 0 Å². The number of aryl methyl sites for hydroxylation is 1. The van der Waals surface area contributed by atoms with Crippen molar-refractivity contribution in [2.45, 2.75) is 118 Å². The van der Waals surface area contributed by atoms with Crippen molar-refractivity contribution in [1.82, 2.24) is 15.5 Å². The zero-order valence-corrected chi connectivity index (χ0v) is 24.2. The molecule has 7 heteroatoms. The lowest BCUT2D eigenvalue weighted by atomic mass is 9.90. The molecule has 2 atom stereocenters. The Morgan fingerprint density at radius 1 is 1.06 bits per heavy atom. The number of hydrogen-bond donors (Lipinski definition) is 2. The molecule has 0 saturated heterocycles. The van der Waals surface area contributed by atoms with E-state index in [-0.39, 0.29) is 17.7 Å². The van der Waals surface area contributed by atoms with Gasteiger partial charge in [-0.3, -0.25) is 9.59 Å². The summed E-state index contributed by atoms with van der Waals surface area (Å²) >= 11 is 0. The summed E-state index contributed by atoms with van der Waals surface area (Å²) in [7, 11) is 0. The maximum absolute atomic E-state index is 14.3. The van der Waals surface area contributed by atoms with Crippen LogP contribution in [0.4, 0.5) is 4.79 Å². The van der Waals surface area contributed by atoms with E-state index < -0.39 is 29.3 Å². The third-order valence-corrected chi connectivity index (χ3v) is 6.14. The number of carbonyl (C=O) groups excluding carboxylic acids is 3. The summed E-state index contributed by atoms with van der Waals surface area (Å²) in [5.74, 6) is -0.376. The van der Waals surface area contributed by atoms with Crippen LogP contribution in [0.25, 0.3) is 0 Å². The molecule has 1 aromatic rings. The molecule has 0 aliphatic rings. The summed E-state index contributed by atoms with van der Waals surface area (Å²) < 4.78 is 5.47. The molecule has 0 aliphatic heterocycles. The number of carbonyl (C=O) groups is 3. The minimum absolute atomic E-state index is 0.135. The molecule has 0 aliphatic carbocycles. The molecule has 36 heavy (non-hydrogen) atoms. The largest absolute Gasteiger partial charge is 0.444 e. The predicted octanol–water partition coefficient (Wildman–Crippen LogP) is 5.91. The van der Waals surface area contributed by atoms with Crippen LogP contribution in [0.3, 0.4) is 0 Å². The monoisotopic (exact) mass is 503 g/mol. The van der Waals surface area contributed by atoms with E-state index >= 15 is 0 Å². The lowest BCUT2D eigenvalue weighted by Gasteiger charge is -2.45. The molecule has 0 aromatic heterocycles. The first kappa shape index (κ1) is 31.5. The lowest BCUT2D eigenvalue weighted by Crippen LogP contribution is -2.59. The van der Waals surface area contributed by atoms with E-state index in [0.717, 1.165) is 24.0 Å². The maximum Gasteiger partial charge on any atom is 0.408 e. The van der Waals surface area contributed by atoms with Crippen LogP contribution in [-0.4, -0.2) is 46.5 Å². The summed E-state index contributed by atoms with van der Waals surface area (Å²) in [4.78, 5) is 42.4. The topological polar surface area (TPSA) is 87.7 Å². The molecule has 0 bridgehead atoms. The van der Waals surface area contributed by atoms with E-state index in [9.17, 15) is 14.4 Å². The van der Waals surface area contributed by atoms with E-state index in [1.165, 1.54) is 0 Å². The van der Waals surface area contributed by atoms with Crippen LogP contribution in [-0.2, 0) is 14.3 Å².